The first kappa shape index (κ1) is 17.6. The normalized spacial score (nSPS) is 13.3. The molecule has 1 rings (SSSR count). The zero-order valence-electron chi connectivity index (χ0n) is 12.2. The monoisotopic (exact) mass is 315 g/mol. The molecule has 0 bridgehead atoms. The predicted molar refractivity (Wildman–Crippen MR) is 78.5 cm³/mol. The lowest BCUT2D eigenvalue weighted by atomic mass is 10.2. The summed E-state index contributed by atoms with van der Waals surface area (Å²) in [6.45, 7) is 3.48. The van der Waals surface area contributed by atoms with E-state index in [1.54, 1.807) is 12.1 Å². The van der Waals surface area contributed by atoms with Gasteiger partial charge in [0.1, 0.15) is 0 Å². The summed E-state index contributed by atoms with van der Waals surface area (Å²) in [7, 11) is -3.81. The van der Waals surface area contributed by atoms with Crippen molar-refractivity contribution in [1.29, 1.82) is 0 Å². The lowest BCUT2D eigenvalue weighted by molar-refractivity contribution is -0.146. The number of nitrogens with zero attached hydrogens (tertiary/aromatic N) is 1. The Hall–Kier alpha value is -1.44. The number of benzene rings is 1. The number of carboxylic acid groups (broad SMARTS) is 1. The highest BCUT2D eigenvalue weighted by molar-refractivity contribution is 7.89. The summed E-state index contributed by atoms with van der Waals surface area (Å²) in [5, 5.41) is 18.2. The van der Waals surface area contributed by atoms with Gasteiger partial charge in [0.15, 0.2) is 6.10 Å². The number of aliphatic carboxylic acids is 1. The van der Waals surface area contributed by atoms with E-state index in [9.17, 15) is 18.3 Å². The van der Waals surface area contributed by atoms with E-state index in [2.05, 4.69) is 0 Å². The summed E-state index contributed by atoms with van der Waals surface area (Å²) >= 11 is 0. The van der Waals surface area contributed by atoms with Crippen LogP contribution in [-0.4, -0.2) is 48.1 Å². The van der Waals surface area contributed by atoms with Gasteiger partial charge < -0.3 is 10.2 Å². The molecule has 0 radical (unpaired) electrons. The molecule has 0 spiro atoms. The Kier molecular flexibility index (Phi) is 6.32. The summed E-state index contributed by atoms with van der Waals surface area (Å²) in [6.07, 6.45) is -0.373. The Morgan fingerprint density at radius 3 is 2.33 bits per heavy atom. The van der Waals surface area contributed by atoms with Crippen LogP contribution in [0.25, 0.3) is 0 Å². The van der Waals surface area contributed by atoms with Gasteiger partial charge in [0.05, 0.1) is 11.4 Å². The fourth-order valence-electron chi connectivity index (χ4n) is 1.77. The van der Waals surface area contributed by atoms with Crippen molar-refractivity contribution >= 4 is 16.0 Å². The van der Waals surface area contributed by atoms with Crippen LogP contribution in [0, 0.1) is 6.92 Å². The first-order chi connectivity index (χ1) is 9.78. The maximum atomic E-state index is 12.5. The highest BCUT2D eigenvalue weighted by Crippen LogP contribution is 2.17. The minimum atomic E-state index is -3.81. The first-order valence-electron chi connectivity index (χ1n) is 6.76. The van der Waals surface area contributed by atoms with Gasteiger partial charge in [-0.1, -0.05) is 31.0 Å². The van der Waals surface area contributed by atoms with Crippen LogP contribution in [0.15, 0.2) is 29.2 Å². The first-order valence-corrected chi connectivity index (χ1v) is 8.20. The molecule has 0 aliphatic heterocycles. The van der Waals surface area contributed by atoms with E-state index in [1.807, 2.05) is 13.8 Å². The van der Waals surface area contributed by atoms with E-state index in [4.69, 9.17) is 5.11 Å². The summed E-state index contributed by atoms with van der Waals surface area (Å²) in [4.78, 5) is 10.8. The van der Waals surface area contributed by atoms with Crippen LogP contribution in [0.5, 0.6) is 0 Å². The van der Waals surface area contributed by atoms with Gasteiger partial charge in [0, 0.05) is 6.54 Å². The second-order valence-electron chi connectivity index (χ2n) is 4.88. The van der Waals surface area contributed by atoms with Gasteiger partial charge in [0.2, 0.25) is 10.0 Å². The topological polar surface area (TPSA) is 94.9 Å². The van der Waals surface area contributed by atoms with Crippen LogP contribution < -0.4 is 0 Å². The van der Waals surface area contributed by atoms with Crippen molar-refractivity contribution in [3.05, 3.63) is 29.8 Å². The molecule has 6 nitrogen and oxygen atoms in total. The van der Waals surface area contributed by atoms with Crippen LogP contribution in [-0.2, 0) is 14.8 Å². The quantitative estimate of drug-likeness (QED) is 0.752. The fraction of sp³-hybridized carbons (Fsp3) is 0.500. The second-order valence-corrected chi connectivity index (χ2v) is 6.82. The third kappa shape index (κ3) is 4.80. The lowest BCUT2D eigenvalue weighted by Gasteiger charge is -2.23. The molecule has 0 heterocycles. The average molecular weight is 315 g/mol. The Labute approximate surface area is 125 Å². The minimum Gasteiger partial charge on any atom is -0.479 e. The van der Waals surface area contributed by atoms with Gasteiger partial charge in [-0.15, -0.1) is 0 Å². The van der Waals surface area contributed by atoms with Crippen molar-refractivity contribution < 1.29 is 23.4 Å². The van der Waals surface area contributed by atoms with Crippen LogP contribution >= 0.6 is 0 Å². The summed E-state index contributed by atoms with van der Waals surface area (Å²) in [5.41, 5.74) is 0.930. The molecule has 118 valence electrons. The number of carboxylic acids is 1. The molecule has 0 aliphatic carbocycles. The molecular weight excluding hydrogens is 294 g/mol. The van der Waals surface area contributed by atoms with Gasteiger partial charge in [-0.3, -0.25) is 0 Å². The molecule has 0 aliphatic rings. The smallest absolute Gasteiger partial charge is 0.333 e. The molecule has 1 atom stereocenters. The number of unbranched alkanes of at least 4 members (excludes halogenated alkanes) is 1. The van der Waals surface area contributed by atoms with Gasteiger partial charge in [-0.25, -0.2) is 13.2 Å². The van der Waals surface area contributed by atoms with E-state index >= 15 is 0 Å². The molecule has 1 unspecified atom stereocenters. The Morgan fingerprint density at radius 1 is 1.29 bits per heavy atom. The van der Waals surface area contributed by atoms with E-state index in [0.29, 0.717) is 6.42 Å². The molecule has 2 N–H and O–H groups in total. The van der Waals surface area contributed by atoms with E-state index in [1.165, 1.54) is 12.1 Å². The van der Waals surface area contributed by atoms with Gasteiger partial charge >= 0.3 is 5.97 Å². The van der Waals surface area contributed by atoms with Crippen LogP contribution in [0.4, 0.5) is 0 Å². The van der Waals surface area contributed by atoms with Crippen molar-refractivity contribution in [2.75, 3.05) is 13.1 Å². The maximum absolute atomic E-state index is 12.5. The van der Waals surface area contributed by atoms with Crippen molar-refractivity contribution in [2.24, 2.45) is 0 Å². The Balaban J connectivity index is 3.04. The molecule has 0 saturated carbocycles. The fourth-order valence-corrected chi connectivity index (χ4v) is 3.26. The number of aryl methyl sites for hydroxylation is 1. The van der Waals surface area contributed by atoms with Crippen molar-refractivity contribution in [2.45, 2.75) is 37.7 Å². The molecule has 21 heavy (non-hydrogen) atoms. The highest BCUT2D eigenvalue weighted by Gasteiger charge is 2.28. The molecule has 1 aromatic carbocycles. The number of hydrogen-bond acceptors (Lipinski definition) is 4. The van der Waals surface area contributed by atoms with Crippen molar-refractivity contribution in [1.82, 2.24) is 4.31 Å². The van der Waals surface area contributed by atoms with Gasteiger partial charge in [-0.2, -0.15) is 4.31 Å². The van der Waals surface area contributed by atoms with Crippen molar-refractivity contribution in [3.63, 3.8) is 0 Å². The minimum absolute atomic E-state index is 0.0989. The van der Waals surface area contributed by atoms with Gasteiger partial charge in [0.25, 0.3) is 0 Å². The number of rotatable bonds is 8. The third-order valence-electron chi connectivity index (χ3n) is 3.08. The molecule has 7 heteroatoms. The van der Waals surface area contributed by atoms with Crippen molar-refractivity contribution in [3.8, 4) is 0 Å². The summed E-state index contributed by atoms with van der Waals surface area (Å²) < 4.78 is 26.1. The largest absolute Gasteiger partial charge is 0.479 e. The summed E-state index contributed by atoms with van der Waals surface area (Å²) in [6, 6.07) is 6.32. The number of carbonyl (C=O) groups is 1. The SMILES string of the molecule is CCCCN(CC(O)C(=O)O)S(=O)(=O)c1ccc(C)cc1. The highest BCUT2D eigenvalue weighted by atomic mass is 32.2. The molecule has 0 fully saturated rings. The standard InChI is InChI=1S/C14H21NO5S/c1-3-4-9-15(10-13(16)14(17)18)21(19,20)12-7-5-11(2)6-8-12/h5-8,13,16H,3-4,9-10H2,1-2H3,(H,17,18). The predicted octanol–water partition coefficient (Wildman–Crippen LogP) is 1.23. The maximum Gasteiger partial charge on any atom is 0.333 e. The molecule has 0 saturated heterocycles. The van der Waals surface area contributed by atoms with Crippen LogP contribution in [0.3, 0.4) is 0 Å². The molecule has 1 aromatic rings. The Morgan fingerprint density at radius 2 is 1.86 bits per heavy atom. The average Bonchev–Trinajstić information content (AvgIpc) is 2.43. The van der Waals surface area contributed by atoms with Crippen LogP contribution in [0.1, 0.15) is 25.3 Å². The lowest BCUT2D eigenvalue weighted by Crippen LogP contribution is -2.41. The zero-order chi connectivity index (χ0) is 16.0. The Bertz CT molecular complexity index is 568. The summed E-state index contributed by atoms with van der Waals surface area (Å²) in [5.74, 6) is -1.43. The number of sulfonamides is 1. The van der Waals surface area contributed by atoms with E-state index < -0.39 is 28.6 Å². The molecular formula is C14H21NO5S. The van der Waals surface area contributed by atoms with E-state index in [0.717, 1.165) is 16.3 Å². The molecule has 0 amide bonds. The zero-order valence-corrected chi connectivity index (χ0v) is 13.0. The van der Waals surface area contributed by atoms with E-state index in [-0.39, 0.29) is 11.4 Å². The number of aliphatic hydroxyl groups excluding tert-OH is 1. The second kappa shape index (κ2) is 7.53. The van der Waals surface area contributed by atoms with Crippen LogP contribution in [0.2, 0.25) is 0 Å². The number of hydrogen-bond donors (Lipinski definition) is 2. The van der Waals surface area contributed by atoms with Gasteiger partial charge in [-0.05, 0) is 25.5 Å². The third-order valence-corrected chi connectivity index (χ3v) is 4.96. The number of aliphatic hydroxyl groups is 1. The molecule has 0 aromatic heterocycles.